The first-order valence-electron chi connectivity index (χ1n) is 11.0. The summed E-state index contributed by atoms with van der Waals surface area (Å²) in [6, 6.07) is 11.3. The van der Waals surface area contributed by atoms with Gasteiger partial charge in [0.1, 0.15) is 12.0 Å². The molecule has 32 heavy (non-hydrogen) atoms. The van der Waals surface area contributed by atoms with Crippen LogP contribution in [0.25, 0.3) is 10.9 Å². The number of carbonyl (C=O) groups excluding carboxylic acids is 1. The third-order valence-electron chi connectivity index (χ3n) is 5.91. The van der Waals surface area contributed by atoms with Crippen molar-refractivity contribution in [3.05, 3.63) is 54.6 Å². The lowest BCUT2D eigenvalue weighted by molar-refractivity contribution is -0.0701. The molecule has 5 rings (SSSR count). The van der Waals surface area contributed by atoms with Crippen LogP contribution < -0.4 is 4.74 Å². The lowest BCUT2D eigenvalue weighted by atomic mass is 10.2. The SMILES string of the molecule is O=C(c1cc(OC(CN2CCOCC2)N2CCOCC2)ncn1)n1ccc2ccccc21. The smallest absolute Gasteiger partial charge is 0.281 e. The number of hydrogen-bond donors (Lipinski definition) is 0. The van der Waals surface area contributed by atoms with Gasteiger partial charge in [-0.2, -0.15) is 0 Å². The van der Waals surface area contributed by atoms with E-state index in [2.05, 4.69) is 19.8 Å². The van der Waals surface area contributed by atoms with E-state index in [1.54, 1.807) is 16.8 Å². The Bertz CT molecular complexity index is 1060. The largest absolute Gasteiger partial charge is 0.457 e. The standard InChI is InChI=1S/C23H27N5O4/c29-23(28-6-5-18-3-1-2-4-20(18)28)19-15-21(25-17-24-19)32-22(27-9-13-31-14-10-27)16-26-7-11-30-12-8-26/h1-6,15,17,22H,7-14,16H2. The number of hydrogen-bond acceptors (Lipinski definition) is 8. The minimum atomic E-state index is -0.213. The first-order chi connectivity index (χ1) is 15.8. The third-order valence-corrected chi connectivity index (χ3v) is 5.91. The quantitative estimate of drug-likeness (QED) is 0.574. The van der Waals surface area contributed by atoms with E-state index in [1.807, 2.05) is 30.3 Å². The summed E-state index contributed by atoms with van der Waals surface area (Å²) in [5, 5.41) is 1.00. The Labute approximate surface area is 186 Å². The van der Waals surface area contributed by atoms with E-state index in [0.29, 0.717) is 24.8 Å². The Morgan fingerprint density at radius 2 is 1.75 bits per heavy atom. The minimum Gasteiger partial charge on any atom is -0.457 e. The number of carbonyl (C=O) groups is 1. The van der Waals surface area contributed by atoms with E-state index in [-0.39, 0.29) is 12.1 Å². The molecular weight excluding hydrogens is 410 g/mol. The zero-order chi connectivity index (χ0) is 21.8. The Hall–Kier alpha value is -2.85. The molecule has 0 amide bonds. The number of aromatic nitrogens is 3. The van der Waals surface area contributed by atoms with Crippen molar-refractivity contribution >= 4 is 16.8 Å². The van der Waals surface area contributed by atoms with Crippen LogP contribution in [-0.4, -0.2) is 95.6 Å². The molecule has 2 fully saturated rings. The molecule has 0 radical (unpaired) electrons. The fourth-order valence-electron chi connectivity index (χ4n) is 4.14. The van der Waals surface area contributed by atoms with Crippen molar-refractivity contribution in [1.29, 1.82) is 0 Å². The highest BCUT2D eigenvalue weighted by atomic mass is 16.5. The lowest BCUT2D eigenvalue weighted by Crippen LogP contribution is -2.53. The second-order valence-corrected chi connectivity index (χ2v) is 7.93. The maximum Gasteiger partial charge on any atom is 0.281 e. The van der Waals surface area contributed by atoms with Crippen molar-refractivity contribution < 1.29 is 19.0 Å². The molecule has 2 saturated heterocycles. The molecule has 0 spiro atoms. The van der Waals surface area contributed by atoms with Gasteiger partial charge in [-0.05, 0) is 12.1 Å². The summed E-state index contributed by atoms with van der Waals surface area (Å²) in [6.07, 6.45) is 2.96. The average molecular weight is 438 g/mol. The number of morpholine rings is 2. The van der Waals surface area contributed by atoms with Crippen LogP contribution >= 0.6 is 0 Å². The van der Waals surface area contributed by atoms with Crippen molar-refractivity contribution in [1.82, 2.24) is 24.3 Å². The summed E-state index contributed by atoms with van der Waals surface area (Å²) < 4.78 is 18.9. The van der Waals surface area contributed by atoms with Crippen LogP contribution in [0.5, 0.6) is 5.88 Å². The molecule has 0 saturated carbocycles. The van der Waals surface area contributed by atoms with E-state index in [0.717, 1.165) is 56.8 Å². The average Bonchev–Trinajstić information content (AvgIpc) is 3.29. The molecule has 1 unspecified atom stereocenters. The molecule has 9 heteroatoms. The molecule has 4 heterocycles. The zero-order valence-corrected chi connectivity index (χ0v) is 17.9. The number of fused-ring (bicyclic) bond motifs is 1. The van der Waals surface area contributed by atoms with Gasteiger partial charge in [0.2, 0.25) is 5.88 Å². The van der Waals surface area contributed by atoms with Crippen molar-refractivity contribution in [2.75, 3.05) is 59.2 Å². The van der Waals surface area contributed by atoms with Crippen molar-refractivity contribution in [3.8, 4) is 5.88 Å². The van der Waals surface area contributed by atoms with Gasteiger partial charge in [0.25, 0.3) is 5.91 Å². The van der Waals surface area contributed by atoms with Gasteiger partial charge in [-0.15, -0.1) is 0 Å². The first-order valence-corrected chi connectivity index (χ1v) is 11.0. The Morgan fingerprint density at radius 1 is 1.00 bits per heavy atom. The zero-order valence-electron chi connectivity index (χ0n) is 17.9. The summed E-state index contributed by atoms with van der Waals surface area (Å²) in [5.41, 5.74) is 1.14. The van der Waals surface area contributed by atoms with Gasteiger partial charge in [-0.25, -0.2) is 9.97 Å². The molecule has 1 atom stereocenters. The predicted molar refractivity (Wildman–Crippen MR) is 118 cm³/mol. The van der Waals surface area contributed by atoms with Gasteiger partial charge < -0.3 is 14.2 Å². The fourth-order valence-corrected chi connectivity index (χ4v) is 4.14. The maximum absolute atomic E-state index is 13.1. The first kappa shape index (κ1) is 21.0. The highest BCUT2D eigenvalue weighted by Crippen LogP contribution is 2.19. The second kappa shape index (κ2) is 9.74. The molecule has 1 aromatic carbocycles. The van der Waals surface area contributed by atoms with E-state index in [1.165, 1.54) is 6.33 Å². The normalized spacial score (nSPS) is 19.1. The monoisotopic (exact) mass is 437 g/mol. The molecule has 3 aromatic rings. The number of rotatable bonds is 6. The lowest BCUT2D eigenvalue weighted by Gasteiger charge is -2.37. The summed E-state index contributed by atoms with van der Waals surface area (Å²) in [6.45, 7) is 6.88. The van der Waals surface area contributed by atoms with Crippen molar-refractivity contribution in [3.63, 3.8) is 0 Å². The van der Waals surface area contributed by atoms with E-state index in [4.69, 9.17) is 14.2 Å². The molecule has 2 aliphatic heterocycles. The van der Waals surface area contributed by atoms with Crippen LogP contribution in [0.4, 0.5) is 0 Å². The number of ether oxygens (including phenoxy) is 3. The predicted octanol–water partition coefficient (Wildman–Crippen LogP) is 1.49. The third kappa shape index (κ3) is 4.66. The molecule has 0 aliphatic carbocycles. The van der Waals surface area contributed by atoms with Crippen LogP contribution in [0.3, 0.4) is 0 Å². The second-order valence-electron chi connectivity index (χ2n) is 7.93. The molecule has 0 N–H and O–H groups in total. The molecule has 2 aliphatic rings. The summed E-state index contributed by atoms with van der Waals surface area (Å²) in [5.74, 6) is 0.180. The van der Waals surface area contributed by atoms with Crippen LogP contribution in [0.15, 0.2) is 48.9 Å². The van der Waals surface area contributed by atoms with Gasteiger partial charge >= 0.3 is 0 Å². The molecule has 0 bridgehead atoms. The highest BCUT2D eigenvalue weighted by Gasteiger charge is 2.27. The molecule has 9 nitrogen and oxygen atoms in total. The number of nitrogens with zero attached hydrogens (tertiary/aromatic N) is 5. The Morgan fingerprint density at radius 3 is 2.56 bits per heavy atom. The summed E-state index contributed by atoms with van der Waals surface area (Å²) in [4.78, 5) is 26.3. The number of para-hydroxylation sites is 1. The fraction of sp³-hybridized carbons (Fsp3) is 0.435. The summed E-state index contributed by atoms with van der Waals surface area (Å²) in [7, 11) is 0. The van der Waals surface area contributed by atoms with E-state index < -0.39 is 0 Å². The highest BCUT2D eigenvalue weighted by molar-refractivity contribution is 6.00. The van der Waals surface area contributed by atoms with Gasteiger partial charge in [0, 0.05) is 50.4 Å². The maximum atomic E-state index is 13.1. The molecule has 2 aromatic heterocycles. The number of benzene rings is 1. The molecular formula is C23H27N5O4. The van der Waals surface area contributed by atoms with Crippen molar-refractivity contribution in [2.45, 2.75) is 6.23 Å². The van der Waals surface area contributed by atoms with Crippen LogP contribution in [0.2, 0.25) is 0 Å². The molecule has 168 valence electrons. The van der Waals surface area contributed by atoms with Gasteiger partial charge in [-0.1, -0.05) is 18.2 Å². The minimum absolute atomic E-state index is 0.192. The van der Waals surface area contributed by atoms with Gasteiger partial charge in [-0.3, -0.25) is 19.2 Å². The van der Waals surface area contributed by atoms with E-state index >= 15 is 0 Å². The van der Waals surface area contributed by atoms with Crippen molar-refractivity contribution in [2.24, 2.45) is 0 Å². The van der Waals surface area contributed by atoms with Crippen LogP contribution in [0.1, 0.15) is 10.5 Å². The van der Waals surface area contributed by atoms with Gasteiger partial charge in [0.05, 0.1) is 31.9 Å². The van der Waals surface area contributed by atoms with E-state index in [9.17, 15) is 4.79 Å². The van der Waals surface area contributed by atoms with Crippen LogP contribution in [0, 0.1) is 0 Å². The van der Waals surface area contributed by atoms with Gasteiger partial charge in [0.15, 0.2) is 6.23 Å². The topological polar surface area (TPSA) is 81.9 Å². The Kier molecular flexibility index (Phi) is 6.40. The summed E-state index contributed by atoms with van der Waals surface area (Å²) >= 11 is 0. The Balaban J connectivity index is 1.35. The van der Waals surface area contributed by atoms with Crippen LogP contribution in [-0.2, 0) is 9.47 Å².